The van der Waals surface area contributed by atoms with Crippen LogP contribution in [0.3, 0.4) is 0 Å². The minimum absolute atomic E-state index is 0.0390. The molecule has 0 bridgehead atoms. The molecule has 0 spiro atoms. The second kappa shape index (κ2) is 9.14. The van der Waals surface area contributed by atoms with Gasteiger partial charge in [-0.3, -0.25) is 9.59 Å². The molecule has 1 unspecified atom stereocenters. The second-order valence-corrected chi connectivity index (χ2v) is 7.96. The van der Waals surface area contributed by atoms with Crippen molar-refractivity contribution in [1.29, 1.82) is 0 Å². The molecule has 3 aromatic carbocycles. The summed E-state index contributed by atoms with van der Waals surface area (Å²) in [6.07, 6.45) is 0.921. The van der Waals surface area contributed by atoms with Crippen LogP contribution >= 0.6 is 0 Å². The number of rotatable bonds is 6. The van der Waals surface area contributed by atoms with Crippen LogP contribution in [0.15, 0.2) is 78.9 Å². The summed E-state index contributed by atoms with van der Waals surface area (Å²) in [5.41, 5.74) is 3.36. The lowest BCUT2D eigenvalue weighted by Gasteiger charge is -2.37. The third kappa shape index (κ3) is 4.67. The number of hydrogen-bond acceptors (Lipinski definition) is 4. The van der Waals surface area contributed by atoms with Gasteiger partial charge in [-0.1, -0.05) is 48.5 Å². The highest BCUT2D eigenvalue weighted by molar-refractivity contribution is 6.09. The van der Waals surface area contributed by atoms with Crippen LogP contribution in [-0.4, -0.2) is 49.9 Å². The van der Waals surface area contributed by atoms with Gasteiger partial charge in [0.2, 0.25) is 0 Å². The first-order valence-corrected chi connectivity index (χ1v) is 10.4. The maximum atomic E-state index is 13.0. The number of nitrogens with zero attached hydrogens (tertiary/aromatic N) is 2. The Balaban J connectivity index is 1.42. The normalized spacial score (nSPS) is 15.5. The Labute approximate surface area is 182 Å². The number of carbonyl (C=O) groups is 2. The van der Waals surface area contributed by atoms with E-state index in [-0.39, 0.29) is 24.3 Å². The van der Waals surface area contributed by atoms with Crippen molar-refractivity contribution >= 4 is 17.4 Å². The van der Waals surface area contributed by atoms with Crippen molar-refractivity contribution in [2.24, 2.45) is 0 Å². The van der Waals surface area contributed by atoms with Gasteiger partial charge in [-0.25, -0.2) is 0 Å². The molecule has 0 saturated carbocycles. The van der Waals surface area contributed by atoms with Crippen LogP contribution in [0, 0.1) is 0 Å². The fourth-order valence-corrected chi connectivity index (χ4v) is 3.84. The van der Waals surface area contributed by atoms with Gasteiger partial charge in [0.1, 0.15) is 5.75 Å². The third-order valence-corrected chi connectivity index (χ3v) is 5.68. The number of ether oxygens (including phenoxy) is 1. The number of ketones is 1. The lowest BCUT2D eigenvalue weighted by Crippen LogP contribution is -2.49. The Morgan fingerprint density at radius 1 is 0.903 bits per heavy atom. The van der Waals surface area contributed by atoms with Crippen LogP contribution in [0.1, 0.15) is 21.5 Å². The first-order valence-electron chi connectivity index (χ1n) is 10.4. The molecule has 0 radical (unpaired) electrons. The molecule has 0 aliphatic carbocycles. The molecule has 1 aliphatic rings. The largest absolute Gasteiger partial charge is 0.484 e. The molecular formula is C26H26N2O3. The van der Waals surface area contributed by atoms with Gasteiger partial charge in [0.05, 0.1) is 0 Å². The Bertz CT molecular complexity index is 1060. The standard InChI is InChI=1S/C26H26N2O3/c1-27(2)22-16-21-10-6-7-11-24(21)28(17-22)25(29)18-31-23-14-12-20(13-15-23)26(30)19-8-4-3-5-9-19/h3-15,22H,16-18H2,1-2H3. The van der Waals surface area contributed by atoms with E-state index >= 15 is 0 Å². The zero-order chi connectivity index (χ0) is 21.8. The molecule has 1 atom stereocenters. The van der Waals surface area contributed by atoms with Crippen LogP contribution in [0.4, 0.5) is 5.69 Å². The van der Waals surface area contributed by atoms with E-state index < -0.39 is 0 Å². The third-order valence-electron chi connectivity index (χ3n) is 5.68. The van der Waals surface area contributed by atoms with Crippen LogP contribution in [-0.2, 0) is 11.2 Å². The van der Waals surface area contributed by atoms with Crippen molar-refractivity contribution in [2.75, 3.05) is 32.1 Å². The number of hydrogen-bond donors (Lipinski definition) is 0. The van der Waals surface area contributed by atoms with Crippen molar-refractivity contribution in [3.63, 3.8) is 0 Å². The predicted molar refractivity (Wildman–Crippen MR) is 122 cm³/mol. The average molecular weight is 415 g/mol. The summed E-state index contributed by atoms with van der Waals surface area (Å²) in [4.78, 5) is 29.5. The molecule has 0 aromatic heterocycles. The summed E-state index contributed by atoms with van der Waals surface area (Å²) in [5, 5.41) is 0. The Hall–Kier alpha value is -3.44. The van der Waals surface area contributed by atoms with Gasteiger partial charge in [-0.05, 0) is 56.4 Å². The molecule has 0 saturated heterocycles. The molecule has 5 heteroatoms. The summed E-state index contributed by atoms with van der Waals surface area (Å²) in [7, 11) is 4.08. The molecule has 1 amide bonds. The Morgan fingerprint density at radius 2 is 1.55 bits per heavy atom. The highest BCUT2D eigenvalue weighted by Gasteiger charge is 2.29. The van der Waals surface area contributed by atoms with E-state index in [1.165, 1.54) is 5.56 Å². The SMILES string of the molecule is CN(C)C1Cc2ccccc2N(C(=O)COc2ccc(C(=O)c3ccccc3)cc2)C1. The first kappa shape index (κ1) is 20.8. The van der Waals surface area contributed by atoms with Crippen molar-refractivity contribution in [3.05, 3.63) is 95.6 Å². The zero-order valence-electron chi connectivity index (χ0n) is 17.8. The lowest BCUT2D eigenvalue weighted by molar-refractivity contribution is -0.120. The number of benzene rings is 3. The average Bonchev–Trinajstić information content (AvgIpc) is 2.82. The number of fused-ring (bicyclic) bond motifs is 1. The van der Waals surface area contributed by atoms with Crippen molar-refractivity contribution in [2.45, 2.75) is 12.5 Å². The van der Waals surface area contributed by atoms with Crippen LogP contribution in [0.2, 0.25) is 0 Å². The molecule has 3 aromatic rings. The minimum Gasteiger partial charge on any atom is -0.484 e. The van der Waals surface area contributed by atoms with Crippen LogP contribution < -0.4 is 9.64 Å². The summed E-state index contributed by atoms with van der Waals surface area (Å²) >= 11 is 0. The Kier molecular flexibility index (Phi) is 6.14. The van der Waals surface area contributed by atoms with Crippen LogP contribution in [0.5, 0.6) is 5.75 Å². The molecule has 4 rings (SSSR count). The predicted octanol–water partition coefficient (Wildman–Crippen LogP) is 3.82. The van der Waals surface area contributed by atoms with Gasteiger partial charge in [0.25, 0.3) is 5.91 Å². The van der Waals surface area contributed by atoms with Gasteiger partial charge in [0, 0.05) is 29.4 Å². The maximum Gasteiger partial charge on any atom is 0.264 e. The molecule has 1 heterocycles. The maximum absolute atomic E-state index is 13.0. The van der Waals surface area contributed by atoms with Crippen molar-refractivity contribution in [1.82, 2.24) is 4.90 Å². The zero-order valence-corrected chi connectivity index (χ0v) is 17.8. The lowest BCUT2D eigenvalue weighted by atomic mass is 9.97. The highest BCUT2D eigenvalue weighted by atomic mass is 16.5. The smallest absolute Gasteiger partial charge is 0.264 e. The quantitative estimate of drug-likeness (QED) is 0.576. The number of carbonyl (C=O) groups excluding carboxylic acids is 2. The van der Waals surface area contributed by atoms with Gasteiger partial charge >= 0.3 is 0 Å². The van der Waals surface area contributed by atoms with E-state index in [0.29, 0.717) is 23.4 Å². The van der Waals surface area contributed by atoms with E-state index in [1.54, 1.807) is 36.4 Å². The van der Waals surface area contributed by atoms with Gasteiger partial charge in [-0.15, -0.1) is 0 Å². The molecule has 1 aliphatic heterocycles. The molecule has 0 fully saturated rings. The van der Waals surface area contributed by atoms with Gasteiger partial charge in [0.15, 0.2) is 12.4 Å². The molecule has 158 valence electrons. The fraction of sp³-hybridized carbons (Fsp3) is 0.231. The molecule has 5 nitrogen and oxygen atoms in total. The summed E-state index contributed by atoms with van der Waals surface area (Å²) in [6, 6.07) is 24.4. The van der Waals surface area contributed by atoms with E-state index in [9.17, 15) is 9.59 Å². The Morgan fingerprint density at radius 3 is 2.26 bits per heavy atom. The monoisotopic (exact) mass is 414 g/mol. The number of amides is 1. The van der Waals surface area contributed by atoms with Crippen molar-refractivity contribution < 1.29 is 14.3 Å². The fourth-order valence-electron chi connectivity index (χ4n) is 3.84. The topological polar surface area (TPSA) is 49.9 Å². The van der Waals surface area contributed by atoms with E-state index in [4.69, 9.17) is 4.74 Å². The summed E-state index contributed by atoms with van der Waals surface area (Å²) < 4.78 is 5.76. The van der Waals surface area contributed by atoms with Crippen LogP contribution in [0.25, 0.3) is 0 Å². The highest BCUT2D eigenvalue weighted by Crippen LogP contribution is 2.28. The number of likely N-dealkylation sites (N-methyl/N-ethyl adjacent to an activating group) is 1. The van der Waals surface area contributed by atoms with E-state index in [0.717, 1.165) is 12.1 Å². The minimum atomic E-state index is -0.0801. The molecule has 0 N–H and O–H groups in total. The van der Waals surface area contributed by atoms with Gasteiger partial charge in [-0.2, -0.15) is 0 Å². The van der Waals surface area contributed by atoms with Crippen molar-refractivity contribution in [3.8, 4) is 5.75 Å². The first-order chi connectivity index (χ1) is 15.0. The van der Waals surface area contributed by atoms with E-state index in [2.05, 4.69) is 11.0 Å². The summed E-state index contributed by atoms with van der Waals surface area (Å²) in [6.45, 7) is 0.581. The second-order valence-electron chi connectivity index (χ2n) is 7.96. The number of para-hydroxylation sites is 1. The summed E-state index contributed by atoms with van der Waals surface area (Å²) in [5.74, 6) is 0.443. The van der Waals surface area contributed by atoms with E-state index in [1.807, 2.05) is 55.4 Å². The van der Waals surface area contributed by atoms with Gasteiger partial charge < -0.3 is 14.5 Å². The molecular weight excluding hydrogens is 388 g/mol. The molecule has 31 heavy (non-hydrogen) atoms. The number of anilines is 1.